The average molecular weight is 293 g/mol. The SMILES string of the molecule is CC(C)CCC[C@@H](Cl)C1=C(N)[C@@H]2N=CC=C[C@@H]2C2C[C@H]12. The summed E-state index contributed by atoms with van der Waals surface area (Å²) in [7, 11) is 0. The lowest BCUT2D eigenvalue weighted by molar-refractivity contribution is 0.436. The molecular weight excluding hydrogens is 268 g/mol. The van der Waals surface area contributed by atoms with E-state index >= 15 is 0 Å². The Kier molecular flexibility index (Phi) is 3.94. The van der Waals surface area contributed by atoms with Gasteiger partial charge in [-0.05, 0) is 42.2 Å². The fraction of sp³-hybridized carbons (Fsp3) is 0.706. The van der Waals surface area contributed by atoms with Crippen molar-refractivity contribution in [2.45, 2.75) is 50.9 Å². The number of alkyl halides is 1. The van der Waals surface area contributed by atoms with E-state index in [-0.39, 0.29) is 11.4 Å². The lowest BCUT2D eigenvalue weighted by Gasteiger charge is -2.32. The second-order valence-electron chi connectivity index (χ2n) is 6.91. The Morgan fingerprint density at radius 3 is 2.95 bits per heavy atom. The van der Waals surface area contributed by atoms with E-state index in [9.17, 15) is 0 Å². The Balaban J connectivity index is 1.72. The van der Waals surface area contributed by atoms with Gasteiger partial charge in [0, 0.05) is 17.8 Å². The first-order valence-electron chi connectivity index (χ1n) is 7.93. The summed E-state index contributed by atoms with van der Waals surface area (Å²) in [5.41, 5.74) is 8.73. The second kappa shape index (κ2) is 5.55. The van der Waals surface area contributed by atoms with E-state index in [1.54, 1.807) is 0 Å². The van der Waals surface area contributed by atoms with Gasteiger partial charge in [-0.15, -0.1) is 11.6 Å². The van der Waals surface area contributed by atoms with Crippen molar-refractivity contribution >= 4 is 17.8 Å². The maximum atomic E-state index is 6.68. The number of halogens is 1. The van der Waals surface area contributed by atoms with Gasteiger partial charge in [-0.2, -0.15) is 0 Å². The standard InChI is InChI=1S/C17H25ClN2/c1-10(2)5-3-7-14(18)15-13-9-12(13)11-6-4-8-20-17(11)16(15)19/h4,6,8,10-14,17H,3,5,7,9,19H2,1-2H3/t11-,12?,13+,14-,17-/m1/s1. The molecule has 1 saturated carbocycles. The number of nitrogens with zero attached hydrogens (tertiary/aromatic N) is 1. The van der Waals surface area contributed by atoms with Gasteiger partial charge in [-0.3, -0.25) is 4.99 Å². The van der Waals surface area contributed by atoms with Crippen molar-refractivity contribution in [2.75, 3.05) is 0 Å². The van der Waals surface area contributed by atoms with Crippen LogP contribution >= 0.6 is 11.6 Å². The van der Waals surface area contributed by atoms with Crippen LogP contribution in [0.3, 0.4) is 0 Å². The molecule has 3 heteroatoms. The fourth-order valence-corrected chi connectivity index (χ4v) is 4.29. The molecule has 20 heavy (non-hydrogen) atoms. The van der Waals surface area contributed by atoms with Gasteiger partial charge in [0.25, 0.3) is 0 Å². The van der Waals surface area contributed by atoms with Gasteiger partial charge in [0.05, 0.1) is 11.4 Å². The predicted molar refractivity (Wildman–Crippen MR) is 86.1 cm³/mol. The van der Waals surface area contributed by atoms with E-state index in [2.05, 4.69) is 31.0 Å². The van der Waals surface area contributed by atoms with Crippen LogP contribution < -0.4 is 5.73 Å². The molecule has 1 fully saturated rings. The van der Waals surface area contributed by atoms with E-state index in [1.807, 2.05) is 6.21 Å². The molecule has 5 atom stereocenters. The van der Waals surface area contributed by atoms with Crippen molar-refractivity contribution in [3.63, 3.8) is 0 Å². The minimum atomic E-state index is 0.116. The Morgan fingerprint density at radius 2 is 2.20 bits per heavy atom. The molecule has 0 bridgehead atoms. The van der Waals surface area contributed by atoms with Crippen LogP contribution in [0.5, 0.6) is 0 Å². The minimum Gasteiger partial charge on any atom is -0.400 e. The largest absolute Gasteiger partial charge is 0.400 e. The Labute approximate surface area is 127 Å². The second-order valence-corrected chi connectivity index (χ2v) is 7.44. The highest BCUT2D eigenvalue weighted by Crippen LogP contribution is 2.57. The molecule has 2 N–H and O–H groups in total. The number of rotatable bonds is 5. The summed E-state index contributed by atoms with van der Waals surface area (Å²) in [5.74, 6) is 2.65. The number of hydrogen-bond donors (Lipinski definition) is 1. The first-order chi connectivity index (χ1) is 9.59. The number of aliphatic imine (C=N–C) groups is 1. The molecule has 0 aromatic heterocycles. The smallest absolute Gasteiger partial charge is 0.0957 e. The summed E-state index contributed by atoms with van der Waals surface area (Å²) in [4.78, 5) is 4.60. The van der Waals surface area contributed by atoms with E-state index in [1.165, 1.54) is 24.8 Å². The van der Waals surface area contributed by atoms with Crippen LogP contribution in [0.25, 0.3) is 0 Å². The topological polar surface area (TPSA) is 38.4 Å². The third-order valence-corrected chi connectivity index (χ3v) is 5.45. The Morgan fingerprint density at radius 1 is 1.40 bits per heavy atom. The maximum absolute atomic E-state index is 6.68. The maximum Gasteiger partial charge on any atom is 0.0957 e. The van der Waals surface area contributed by atoms with Crippen molar-refractivity contribution < 1.29 is 0 Å². The van der Waals surface area contributed by atoms with Crippen molar-refractivity contribution in [3.8, 4) is 0 Å². The molecule has 1 unspecified atom stereocenters. The number of fused-ring (bicyclic) bond motifs is 3. The number of dihydropyridines is 1. The van der Waals surface area contributed by atoms with Gasteiger partial charge in [-0.25, -0.2) is 0 Å². The van der Waals surface area contributed by atoms with Crippen LogP contribution in [0, 0.1) is 23.7 Å². The first-order valence-corrected chi connectivity index (χ1v) is 8.36. The van der Waals surface area contributed by atoms with Gasteiger partial charge in [-0.1, -0.05) is 32.8 Å². The van der Waals surface area contributed by atoms with E-state index in [0.29, 0.717) is 11.8 Å². The third kappa shape index (κ3) is 2.55. The highest BCUT2D eigenvalue weighted by atomic mass is 35.5. The molecule has 0 saturated heterocycles. The summed E-state index contributed by atoms with van der Waals surface area (Å²) in [6, 6.07) is 0.157. The van der Waals surface area contributed by atoms with Crippen molar-refractivity contribution in [1.29, 1.82) is 0 Å². The number of nitrogens with two attached hydrogens (primary N) is 1. The van der Waals surface area contributed by atoms with E-state index < -0.39 is 0 Å². The van der Waals surface area contributed by atoms with Crippen molar-refractivity contribution in [1.82, 2.24) is 0 Å². The third-order valence-electron chi connectivity index (χ3n) is 4.99. The molecule has 110 valence electrons. The number of allylic oxidation sites excluding steroid dienone is 2. The summed E-state index contributed by atoms with van der Waals surface area (Å²) < 4.78 is 0. The van der Waals surface area contributed by atoms with E-state index in [4.69, 9.17) is 17.3 Å². The van der Waals surface area contributed by atoms with Gasteiger partial charge >= 0.3 is 0 Å². The molecule has 0 radical (unpaired) electrons. The predicted octanol–water partition coefficient (Wildman–Crippen LogP) is 3.91. The highest BCUT2D eigenvalue weighted by molar-refractivity contribution is 6.22. The molecule has 0 aromatic rings. The zero-order valence-corrected chi connectivity index (χ0v) is 13.2. The summed E-state index contributed by atoms with van der Waals surface area (Å²) >= 11 is 6.68. The normalized spacial score (nSPS) is 36.0. The van der Waals surface area contributed by atoms with Gasteiger partial charge in [0.2, 0.25) is 0 Å². The minimum absolute atomic E-state index is 0.116. The van der Waals surface area contributed by atoms with Crippen LogP contribution in [0.15, 0.2) is 28.4 Å². The molecule has 0 spiro atoms. The average Bonchev–Trinajstić information content (AvgIpc) is 3.19. The van der Waals surface area contributed by atoms with Crippen LogP contribution in [0.1, 0.15) is 39.5 Å². The van der Waals surface area contributed by atoms with Crippen LogP contribution in [-0.2, 0) is 0 Å². The number of hydrogen-bond acceptors (Lipinski definition) is 2. The quantitative estimate of drug-likeness (QED) is 0.767. The molecule has 2 nitrogen and oxygen atoms in total. The van der Waals surface area contributed by atoms with Crippen LogP contribution in [0.2, 0.25) is 0 Å². The lowest BCUT2D eigenvalue weighted by atomic mass is 9.80. The Bertz CT molecular complexity index is 464. The lowest BCUT2D eigenvalue weighted by Crippen LogP contribution is -2.35. The zero-order chi connectivity index (χ0) is 14.3. The fourth-order valence-electron chi connectivity index (χ4n) is 3.85. The van der Waals surface area contributed by atoms with Crippen molar-refractivity contribution in [3.05, 3.63) is 23.4 Å². The molecular formula is C17H25ClN2. The molecule has 2 aliphatic carbocycles. The summed E-state index contributed by atoms with van der Waals surface area (Å²) in [6.07, 6.45) is 11.0. The zero-order valence-electron chi connectivity index (χ0n) is 12.4. The van der Waals surface area contributed by atoms with Crippen molar-refractivity contribution in [2.24, 2.45) is 34.4 Å². The molecule has 0 amide bonds. The first kappa shape index (κ1) is 14.2. The van der Waals surface area contributed by atoms with Crippen LogP contribution in [-0.4, -0.2) is 17.6 Å². The molecule has 1 heterocycles. The molecule has 1 aliphatic heterocycles. The van der Waals surface area contributed by atoms with E-state index in [0.717, 1.165) is 24.0 Å². The summed E-state index contributed by atoms with van der Waals surface area (Å²) in [5, 5.41) is 0.116. The van der Waals surface area contributed by atoms with Crippen LogP contribution in [0.4, 0.5) is 0 Å². The monoisotopic (exact) mass is 292 g/mol. The van der Waals surface area contributed by atoms with Gasteiger partial charge in [0.1, 0.15) is 0 Å². The Hall–Kier alpha value is -0.760. The summed E-state index contributed by atoms with van der Waals surface area (Å²) in [6.45, 7) is 4.53. The van der Waals surface area contributed by atoms with Gasteiger partial charge in [0.15, 0.2) is 0 Å². The highest BCUT2D eigenvalue weighted by Gasteiger charge is 2.53. The molecule has 3 aliphatic rings. The molecule has 0 aromatic carbocycles. The van der Waals surface area contributed by atoms with Gasteiger partial charge < -0.3 is 5.73 Å². The molecule has 3 rings (SSSR count).